The number of hydrogen-bond donors (Lipinski definition) is 1. The molecule has 0 fully saturated rings. The molecule has 0 aliphatic carbocycles. The van der Waals surface area contributed by atoms with Crippen molar-refractivity contribution in [3.63, 3.8) is 0 Å². The highest BCUT2D eigenvalue weighted by Gasteiger charge is 2.25. The zero-order valence-corrected chi connectivity index (χ0v) is 15.0. The number of fused-ring (bicyclic) bond motifs is 1. The van der Waals surface area contributed by atoms with E-state index in [-0.39, 0.29) is 6.04 Å². The van der Waals surface area contributed by atoms with Gasteiger partial charge in [0.05, 0.1) is 27.4 Å². The topological polar surface area (TPSA) is 39.7 Å². The Morgan fingerprint density at radius 1 is 0.792 bits per heavy atom. The summed E-state index contributed by atoms with van der Waals surface area (Å²) in [6.45, 7) is 5.16. The van der Waals surface area contributed by atoms with Gasteiger partial charge >= 0.3 is 0 Å². The van der Waals surface area contributed by atoms with Gasteiger partial charge in [-0.15, -0.1) is 0 Å². The maximum Gasteiger partial charge on any atom is 0.161 e. The van der Waals surface area contributed by atoms with Crippen LogP contribution in [0, 0.1) is 13.8 Å². The molecule has 1 N–H and O–H groups in total. The second-order valence-electron chi connectivity index (χ2n) is 6.22. The molecule has 1 unspecified atom stereocenters. The number of methoxy groups -OCH3 is 3. The Balaban J connectivity index is 2.11. The number of benzene rings is 2. The molecule has 2 aromatic rings. The van der Waals surface area contributed by atoms with E-state index in [9.17, 15) is 0 Å². The molecule has 128 valence electrons. The summed E-state index contributed by atoms with van der Waals surface area (Å²) in [4.78, 5) is 0. The zero-order chi connectivity index (χ0) is 17.3. The molecule has 0 amide bonds. The highest BCUT2D eigenvalue weighted by molar-refractivity contribution is 5.53. The Labute approximate surface area is 143 Å². The van der Waals surface area contributed by atoms with Crippen LogP contribution in [0.4, 0.5) is 0 Å². The van der Waals surface area contributed by atoms with Crippen molar-refractivity contribution in [3.05, 3.63) is 52.1 Å². The lowest BCUT2D eigenvalue weighted by Gasteiger charge is -2.30. The van der Waals surface area contributed by atoms with Gasteiger partial charge in [-0.05, 0) is 66.3 Å². The predicted molar refractivity (Wildman–Crippen MR) is 95.6 cm³/mol. The first-order valence-corrected chi connectivity index (χ1v) is 8.22. The second kappa shape index (κ2) is 6.73. The summed E-state index contributed by atoms with van der Waals surface area (Å²) >= 11 is 0. The monoisotopic (exact) mass is 327 g/mol. The van der Waals surface area contributed by atoms with E-state index in [2.05, 4.69) is 43.4 Å². The van der Waals surface area contributed by atoms with Crippen LogP contribution in [0.15, 0.2) is 24.3 Å². The fraction of sp³-hybridized carbons (Fsp3) is 0.400. The molecule has 0 radical (unpaired) electrons. The normalized spacial score (nSPS) is 16.5. The lowest BCUT2D eigenvalue weighted by Crippen LogP contribution is -2.31. The molecular weight excluding hydrogens is 302 g/mol. The SMILES string of the molecule is COc1cc(C)c(C2NCCc3cc(OC)c(OC)cc32)cc1C. The van der Waals surface area contributed by atoms with Crippen LogP contribution in [-0.2, 0) is 6.42 Å². The lowest BCUT2D eigenvalue weighted by atomic mass is 9.86. The number of ether oxygens (including phenoxy) is 3. The average molecular weight is 327 g/mol. The van der Waals surface area contributed by atoms with Gasteiger partial charge in [-0.1, -0.05) is 6.07 Å². The van der Waals surface area contributed by atoms with Crippen molar-refractivity contribution in [1.82, 2.24) is 5.32 Å². The van der Waals surface area contributed by atoms with Crippen molar-refractivity contribution in [2.24, 2.45) is 0 Å². The van der Waals surface area contributed by atoms with Gasteiger partial charge < -0.3 is 19.5 Å². The Hall–Kier alpha value is -2.20. The summed E-state index contributed by atoms with van der Waals surface area (Å²) < 4.78 is 16.4. The van der Waals surface area contributed by atoms with Gasteiger partial charge in [-0.3, -0.25) is 0 Å². The summed E-state index contributed by atoms with van der Waals surface area (Å²) in [5, 5.41) is 3.65. The van der Waals surface area contributed by atoms with Crippen LogP contribution < -0.4 is 19.5 Å². The van der Waals surface area contributed by atoms with Gasteiger partial charge in [0.2, 0.25) is 0 Å². The number of rotatable bonds is 4. The molecule has 4 nitrogen and oxygen atoms in total. The van der Waals surface area contributed by atoms with Gasteiger partial charge in [0.25, 0.3) is 0 Å². The first kappa shape index (κ1) is 16.7. The van der Waals surface area contributed by atoms with Gasteiger partial charge in [0, 0.05) is 6.54 Å². The molecule has 1 aliphatic heterocycles. The van der Waals surface area contributed by atoms with E-state index in [0.29, 0.717) is 0 Å². The number of aryl methyl sites for hydroxylation is 2. The van der Waals surface area contributed by atoms with E-state index in [1.54, 1.807) is 21.3 Å². The molecule has 3 rings (SSSR count). The third-order valence-corrected chi connectivity index (χ3v) is 4.79. The van der Waals surface area contributed by atoms with E-state index in [1.165, 1.54) is 22.3 Å². The minimum Gasteiger partial charge on any atom is -0.496 e. The molecule has 0 saturated carbocycles. The van der Waals surface area contributed by atoms with Crippen molar-refractivity contribution < 1.29 is 14.2 Å². The van der Waals surface area contributed by atoms with E-state index < -0.39 is 0 Å². The zero-order valence-electron chi connectivity index (χ0n) is 15.0. The maximum absolute atomic E-state index is 5.50. The largest absolute Gasteiger partial charge is 0.496 e. The predicted octanol–water partition coefficient (Wildman–Crippen LogP) is 3.56. The third-order valence-electron chi connectivity index (χ3n) is 4.79. The van der Waals surface area contributed by atoms with Crippen molar-refractivity contribution >= 4 is 0 Å². The smallest absolute Gasteiger partial charge is 0.161 e. The average Bonchev–Trinajstić information content (AvgIpc) is 2.61. The third kappa shape index (κ3) is 2.82. The molecule has 0 aromatic heterocycles. The molecule has 0 saturated heterocycles. The molecular formula is C20H25NO3. The fourth-order valence-corrected chi connectivity index (χ4v) is 3.50. The van der Waals surface area contributed by atoms with Crippen molar-refractivity contribution in [3.8, 4) is 17.2 Å². The molecule has 4 heteroatoms. The fourth-order valence-electron chi connectivity index (χ4n) is 3.50. The summed E-state index contributed by atoms with van der Waals surface area (Å²) in [5.41, 5.74) is 6.21. The van der Waals surface area contributed by atoms with Gasteiger partial charge in [0.15, 0.2) is 11.5 Å². The molecule has 1 atom stereocenters. The molecule has 0 bridgehead atoms. The quantitative estimate of drug-likeness (QED) is 0.932. The van der Waals surface area contributed by atoms with E-state index >= 15 is 0 Å². The standard InChI is InChI=1S/C20H25NO3/c1-12-9-17(22-3)13(2)8-15(12)20-16-11-19(24-5)18(23-4)10-14(16)6-7-21-20/h8-11,20-21H,6-7H2,1-5H3. The maximum atomic E-state index is 5.50. The molecule has 1 heterocycles. The Bertz CT molecular complexity index is 755. The highest BCUT2D eigenvalue weighted by Crippen LogP contribution is 2.39. The van der Waals surface area contributed by atoms with Crippen molar-refractivity contribution in [2.75, 3.05) is 27.9 Å². The van der Waals surface area contributed by atoms with Gasteiger partial charge in [0.1, 0.15) is 5.75 Å². The summed E-state index contributed by atoms with van der Waals surface area (Å²) in [6, 6.07) is 8.69. The molecule has 2 aromatic carbocycles. The molecule has 24 heavy (non-hydrogen) atoms. The first-order chi connectivity index (χ1) is 11.6. The van der Waals surface area contributed by atoms with E-state index in [0.717, 1.165) is 35.8 Å². The summed E-state index contributed by atoms with van der Waals surface area (Å²) in [7, 11) is 5.07. The van der Waals surface area contributed by atoms with E-state index in [1.807, 2.05) is 0 Å². The van der Waals surface area contributed by atoms with Crippen LogP contribution >= 0.6 is 0 Å². The molecule has 0 spiro atoms. The van der Waals surface area contributed by atoms with Gasteiger partial charge in [-0.2, -0.15) is 0 Å². The Kier molecular flexibility index (Phi) is 4.67. The Morgan fingerprint density at radius 2 is 1.46 bits per heavy atom. The summed E-state index contributed by atoms with van der Waals surface area (Å²) in [6.07, 6.45) is 0.986. The second-order valence-corrected chi connectivity index (χ2v) is 6.22. The van der Waals surface area contributed by atoms with Crippen molar-refractivity contribution in [1.29, 1.82) is 0 Å². The number of nitrogens with one attached hydrogen (secondary N) is 1. The van der Waals surface area contributed by atoms with Crippen LogP contribution in [0.25, 0.3) is 0 Å². The van der Waals surface area contributed by atoms with Gasteiger partial charge in [-0.25, -0.2) is 0 Å². The highest BCUT2D eigenvalue weighted by atomic mass is 16.5. The van der Waals surface area contributed by atoms with Crippen molar-refractivity contribution in [2.45, 2.75) is 26.3 Å². The summed E-state index contributed by atoms with van der Waals surface area (Å²) in [5.74, 6) is 2.49. The number of hydrogen-bond acceptors (Lipinski definition) is 4. The van der Waals surface area contributed by atoms with Crippen LogP contribution in [-0.4, -0.2) is 27.9 Å². The van der Waals surface area contributed by atoms with Crippen LogP contribution in [0.1, 0.15) is 33.9 Å². The first-order valence-electron chi connectivity index (χ1n) is 8.22. The molecule has 1 aliphatic rings. The van der Waals surface area contributed by atoms with Crippen LogP contribution in [0.3, 0.4) is 0 Å². The van der Waals surface area contributed by atoms with Crippen LogP contribution in [0.2, 0.25) is 0 Å². The Morgan fingerprint density at radius 3 is 2.12 bits per heavy atom. The minimum absolute atomic E-state index is 0.151. The lowest BCUT2D eigenvalue weighted by molar-refractivity contribution is 0.353. The van der Waals surface area contributed by atoms with Crippen LogP contribution in [0.5, 0.6) is 17.2 Å². The van der Waals surface area contributed by atoms with E-state index in [4.69, 9.17) is 14.2 Å². The minimum atomic E-state index is 0.151.